The molecule has 3 rings (SSSR count). The van der Waals surface area contributed by atoms with Crippen molar-refractivity contribution in [3.63, 3.8) is 0 Å². The van der Waals surface area contributed by atoms with Gasteiger partial charge in [0.05, 0.1) is 11.9 Å². The molecule has 0 spiro atoms. The van der Waals surface area contributed by atoms with E-state index in [4.69, 9.17) is 4.74 Å². The van der Waals surface area contributed by atoms with E-state index >= 15 is 0 Å². The van der Waals surface area contributed by atoms with E-state index < -0.39 is 5.97 Å². The number of carbonyl (C=O) groups is 3. The van der Waals surface area contributed by atoms with Crippen LogP contribution in [0.4, 0.5) is 0 Å². The molecule has 8 heteroatoms. The minimum absolute atomic E-state index is 0.0381. The van der Waals surface area contributed by atoms with Gasteiger partial charge in [-0.1, -0.05) is 49.4 Å². The quantitative estimate of drug-likeness (QED) is 0.516. The lowest BCUT2D eigenvalue weighted by atomic mass is 10.1. The molecular formula is C23H26N4O4. The van der Waals surface area contributed by atoms with Gasteiger partial charge in [0.2, 0.25) is 0 Å². The minimum atomic E-state index is -0.554. The van der Waals surface area contributed by atoms with Gasteiger partial charge in [-0.25, -0.2) is 0 Å². The van der Waals surface area contributed by atoms with Crippen LogP contribution in [-0.2, 0) is 27.3 Å². The number of aryl methyl sites for hydroxylation is 1. The van der Waals surface area contributed by atoms with Crippen molar-refractivity contribution in [3.05, 3.63) is 65.4 Å². The number of carbonyl (C=O) groups excluding carboxylic acids is 3. The van der Waals surface area contributed by atoms with Crippen LogP contribution in [-0.4, -0.2) is 53.1 Å². The van der Waals surface area contributed by atoms with Gasteiger partial charge in [0, 0.05) is 25.5 Å². The summed E-state index contributed by atoms with van der Waals surface area (Å²) in [6, 6.07) is 15.3. The zero-order valence-electron chi connectivity index (χ0n) is 17.7. The molecule has 0 atom stereocenters. The number of esters is 1. The summed E-state index contributed by atoms with van der Waals surface area (Å²) in [4.78, 5) is 37.9. The summed E-state index contributed by atoms with van der Waals surface area (Å²) >= 11 is 0. The molecule has 0 saturated carbocycles. The van der Waals surface area contributed by atoms with Crippen LogP contribution in [0.1, 0.15) is 35.0 Å². The van der Waals surface area contributed by atoms with E-state index in [0.29, 0.717) is 11.9 Å². The van der Waals surface area contributed by atoms with Crippen LogP contribution in [0, 0.1) is 0 Å². The molecule has 2 amide bonds. The number of aromatic nitrogens is 2. The fourth-order valence-corrected chi connectivity index (χ4v) is 3.07. The number of ether oxygens (including phenoxy) is 1. The Kier molecular flexibility index (Phi) is 7.37. The van der Waals surface area contributed by atoms with Crippen molar-refractivity contribution in [2.45, 2.75) is 26.3 Å². The zero-order chi connectivity index (χ0) is 22.2. The van der Waals surface area contributed by atoms with Crippen LogP contribution in [0.3, 0.4) is 0 Å². The van der Waals surface area contributed by atoms with Crippen molar-refractivity contribution in [2.75, 3.05) is 20.2 Å². The van der Waals surface area contributed by atoms with Gasteiger partial charge in [0.25, 0.3) is 11.8 Å². The van der Waals surface area contributed by atoms with Crippen molar-refractivity contribution < 1.29 is 19.1 Å². The third-order valence-corrected chi connectivity index (χ3v) is 4.93. The Morgan fingerprint density at radius 2 is 1.77 bits per heavy atom. The van der Waals surface area contributed by atoms with Gasteiger partial charge in [-0.05, 0) is 23.6 Å². The van der Waals surface area contributed by atoms with E-state index in [1.165, 1.54) is 10.5 Å². The largest absolute Gasteiger partial charge is 0.456 e. The Labute approximate surface area is 180 Å². The van der Waals surface area contributed by atoms with Gasteiger partial charge in [0.15, 0.2) is 12.3 Å². The monoisotopic (exact) mass is 422 g/mol. The number of nitrogens with zero attached hydrogens (tertiary/aromatic N) is 2. The molecule has 0 fully saturated rings. The molecule has 8 nitrogen and oxygen atoms in total. The molecule has 0 radical (unpaired) electrons. The first-order valence-corrected chi connectivity index (χ1v) is 10.2. The Hall–Kier alpha value is -3.68. The maximum absolute atomic E-state index is 12.3. The number of para-hydroxylation sites is 1. The van der Waals surface area contributed by atoms with Gasteiger partial charge in [-0.3, -0.25) is 19.5 Å². The number of likely N-dealkylation sites (N-methyl/N-ethyl adjacent to an activating group) is 1. The Bertz CT molecular complexity index is 1060. The topological polar surface area (TPSA) is 104 Å². The van der Waals surface area contributed by atoms with Gasteiger partial charge in [0.1, 0.15) is 0 Å². The first-order valence-electron chi connectivity index (χ1n) is 10.2. The summed E-state index contributed by atoms with van der Waals surface area (Å²) in [6.45, 7) is 2.28. The number of amides is 2. The number of H-pyrrole nitrogens is 1. The molecule has 1 aromatic heterocycles. The summed E-state index contributed by atoms with van der Waals surface area (Å²) in [5, 5.41) is 10.2. The first kappa shape index (κ1) is 22.0. The average Bonchev–Trinajstić information content (AvgIpc) is 3.22. The molecule has 0 aliphatic rings. The van der Waals surface area contributed by atoms with Crippen LogP contribution in [0.5, 0.6) is 0 Å². The second-order valence-corrected chi connectivity index (χ2v) is 7.20. The lowest BCUT2D eigenvalue weighted by Gasteiger charge is -2.17. The molecule has 2 N–H and O–H groups in total. The van der Waals surface area contributed by atoms with E-state index in [0.717, 1.165) is 17.5 Å². The summed E-state index contributed by atoms with van der Waals surface area (Å²) in [7, 11) is 1.67. The van der Waals surface area contributed by atoms with E-state index in [2.05, 4.69) is 22.4 Å². The predicted molar refractivity (Wildman–Crippen MR) is 116 cm³/mol. The highest BCUT2D eigenvalue weighted by molar-refractivity contribution is 6.04. The summed E-state index contributed by atoms with van der Waals surface area (Å²) < 4.78 is 5.04. The maximum Gasteiger partial charge on any atom is 0.308 e. The Morgan fingerprint density at radius 3 is 2.52 bits per heavy atom. The normalized spacial score (nSPS) is 10.6. The number of hydrogen-bond donors (Lipinski definition) is 2. The van der Waals surface area contributed by atoms with E-state index in [-0.39, 0.29) is 37.1 Å². The first-order chi connectivity index (χ1) is 15.0. The average molecular weight is 422 g/mol. The van der Waals surface area contributed by atoms with Crippen molar-refractivity contribution in [2.24, 2.45) is 0 Å². The van der Waals surface area contributed by atoms with Crippen molar-refractivity contribution in [3.8, 4) is 0 Å². The number of fused-ring (bicyclic) bond motifs is 1. The molecule has 0 bridgehead atoms. The predicted octanol–water partition coefficient (Wildman–Crippen LogP) is 2.45. The van der Waals surface area contributed by atoms with Crippen LogP contribution >= 0.6 is 0 Å². The molecule has 0 aliphatic carbocycles. The fraction of sp³-hybridized carbons (Fsp3) is 0.304. The molecular weight excluding hydrogens is 396 g/mol. The van der Waals surface area contributed by atoms with Crippen LogP contribution < -0.4 is 5.32 Å². The number of aromatic amines is 1. The third kappa shape index (κ3) is 5.91. The number of hydrogen-bond acceptors (Lipinski definition) is 5. The van der Waals surface area contributed by atoms with Crippen LogP contribution in [0.2, 0.25) is 0 Å². The molecule has 3 aromatic rings. The minimum Gasteiger partial charge on any atom is -0.456 e. The Morgan fingerprint density at radius 1 is 1.06 bits per heavy atom. The highest BCUT2D eigenvalue weighted by Gasteiger charge is 2.15. The summed E-state index contributed by atoms with van der Waals surface area (Å²) in [5.74, 6) is -1.23. The summed E-state index contributed by atoms with van der Waals surface area (Å²) in [6.07, 6.45) is 0.924. The lowest BCUT2D eigenvalue weighted by molar-refractivity contribution is -0.151. The second-order valence-electron chi connectivity index (χ2n) is 7.20. The van der Waals surface area contributed by atoms with Crippen molar-refractivity contribution in [1.29, 1.82) is 0 Å². The molecule has 0 saturated heterocycles. The van der Waals surface area contributed by atoms with Crippen LogP contribution in [0.15, 0.2) is 48.5 Å². The van der Waals surface area contributed by atoms with E-state index in [9.17, 15) is 14.4 Å². The molecule has 1 heterocycles. The molecule has 31 heavy (non-hydrogen) atoms. The van der Waals surface area contributed by atoms with Gasteiger partial charge < -0.3 is 15.0 Å². The van der Waals surface area contributed by atoms with Crippen LogP contribution in [0.25, 0.3) is 10.9 Å². The van der Waals surface area contributed by atoms with Gasteiger partial charge in [-0.15, -0.1) is 0 Å². The standard InChI is InChI=1S/C23H26N4O4/c1-3-16-8-10-17(11-9-16)14-27(2)20(28)15-31-21(29)12-13-24-23(30)22-18-6-4-5-7-19(18)25-26-22/h4-11H,3,12-15H2,1-2H3,(H,24,30)(H,25,26). The number of rotatable bonds is 9. The smallest absolute Gasteiger partial charge is 0.308 e. The van der Waals surface area contributed by atoms with Gasteiger partial charge in [-0.2, -0.15) is 5.10 Å². The van der Waals surface area contributed by atoms with E-state index in [1.54, 1.807) is 13.1 Å². The maximum atomic E-state index is 12.3. The Balaban J connectivity index is 1.38. The second kappa shape index (κ2) is 10.4. The SMILES string of the molecule is CCc1ccc(CN(C)C(=O)COC(=O)CCNC(=O)c2n[nH]c3ccccc23)cc1. The molecule has 0 aliphatic heterocycles. The van der Waals surface area contributed by atoms with Crippen molar-refractivity contribution >= 4 is 28.7 Å². The highest BCUT2D eigenvalue weighted by Crippen LogP contribution is 2.14. The fourth-order valence-electron chi connectivity index (χ4n) is 3.07. The van der Waals surface area contributed by atoms with Gasteiger partial charge >= 0.3 is 5.97 Å². The third-order valence-electron chi connectivity index (χ3n) is 4.93. The zero-order valence-corrected chi connectivity index (χ0v) is 17.7. The van der Waals surface area contributed by atoms with E-state index in [1.807, 2.05) is 42.5 Å². The number of nitrogens with one attached hydrogen (secondary N) is 2. The highest BCUT2D eigenvalue weighted by atomic mass is 16.5. The summed E-state index contributed by atoms with van der Waals surface area (Å²) in [5.41, 5.74) is 3.27. The molecule has 0 unspecified atom stereocenters. The van der Waals surface area contributed by atoms with Crippen molar-refractivity contribution in [1.82, 2.24) is 20.4 Å². The molecule has 162 valence electrons. The molecule has 2 aromatic carbocycles. The number of benzene rings is 2. The lowest BCUT2D eigenvalue weighted by Crippen LogP contribution is -2.32.